The number of ketones is 1. The average Bonchev–Trinajstić information content (AvgIpc) is 3.10. The molecule has 3 aromatic rings. The van der Waals surface area contributed by atoms with Crippen molar-refractivity contribution >= 4 is 23.3 Å². The summed E-state index contributed by atoms with van der Waals surface area (Å²) in [7, 11) is 1.58. The van der Waals surface area contributed by atoms with E-state index in [4.69, 9.17) is 4.74 Å². The minimum Gasteiger partial charge on any atom is -0.496 e. The van der Waals surface area contributed by atoms with E-state index in [0.717, 1.165) is 5.56 Å². The van der Waals surface area contributed by atoms with Crippen LogP contribution in [0.5, 0.6) is 5.75 Å². The Morgan fingerprint density at radius 3 is 2.52 bits per heavy atom. The van der Waals surface area contributed by atoms with Crippen molar-refractivity contribution in [2.45, 2.75) is 19.5 Å². The third kappa shape index (κ3) is 3.80. The van der Waals surface area contributed by atoms with Crippen LogP contribution in [-0.4, -0.2) is 24.7 Å². The minimum absolute atomic E-state index is 0.108. The summed E-state index contributed by atoms with van der Waals surface area (Å²) >= 11 is 0. The van der Waals surface area contributed by atoms with Gasteiger partial charge in [-0.3, -0.25) is 19.3 Å². The van der Waals surface area contributed by atoms with E-state index in [2.05, 4.69) is 5.32 Å². The largest absolute Gasteiger partial charge is 0.496 e. The number of anilines is 1. The summed E-state index contributed by atoms with van der Waals surface area (Å²) in [6.07, 6.45) is 0. The molecule has 0 saturated heterocycles. The molecule has 0 aliphatic carbocycles. The van der Waals surface area contributed by atoms with E-state index in [1.165, 1.54) is 11.8 Å². The Balaban J connectivity index is 1.68. The van der Waals surface area contributed by atoms with Gasteiger partial charge in [-0.05, 0) is 36.8 Å². The molecule has 1 heterocycles. The lowest BCUT2D eigenvalue weighted by molar-refractivity contribution is -0.122. The zero-order valence-electron chi connectivity index (χ0n) is 17.3. The van der Waals surface area contributed by atoms with Crippen LogP contribution in [0.25, 0.3) is 0 Å². The van der Waals surface area contributed by atoms with Gasteiger partial charge in [0.05, 0.1) is 7.11 Å². The topological polar surface area (TPSA) is 75.7 Å². The summed E-state index contributed by atoms with van der Waals surface area (Å²) in [4.78, 5) is 39.8. The Morgan fingerprint density at radius 2 is 1.74 bits per heavy atom. The lowest BCUT2D eigenvalue weighted by Gasteiger charge is -2.25. The SMILES string of the molecule is COc1ccccc1CNC(=O)C1c2ccccc2C(=O)N1c1cccc(C(C)=O)c1. The molecule has 1 aliphatic heterocycles. The van der Waals surface area contributed by atoms with Gasteiger partial charge in [0.15, 0.2) is 5.78 Å². The van der Waals surface area contributed by atoms with Crippen LogP contribution in [0.2, 0.25) is 0 Å². The first-order valence-corrected chi connectivity index (χ1v) is 9.94. The summed E-state index contributed by atoms with van der Waals surface area (Å²) in [6.45, 7) is 1.73. The third-order valence-corrected chi connectivity index (χ3v) is 5.39. The van der Waals surface area contributed by atoms with Crippen molar-refractivity contribution in [2.24, 2.45) is 0 Å². The fraction of sp³-hybridized carbons (Fsp3) is 0.160. The first-order valence-electron chi connectivity index (χ1n) is 9.94. The van der Waals surface area contributed by atoms with Gasteiger partial charge in [0, 0.05) is 28.9 Å². The quantitative estimate of drug-likeness (QED) is 0.621. The number of ether oxygens (including phenoxy) is 1. The van der Waals surface area contributed by atoms with E-state index in [0.29, 0.717) is 28.1 Å². The van der Waals surface area contributed by atoms with E-state index in [-0.39, 0.29) is 24.1 Å². The summed E-state index contributed by atoms with van der Waals surface area (Å²) in [5.74, 6) is -0.00826. The Morgan fingerprint density at radius 1 is 1.00 bits per heavy atom. The number of hydrogen-bond acceptors (Lipinski definition) is 4. The van der Waals surface area contributed by atoms with Gasteiger partial charge in [0.25, 0.3) is 5.91 Å². The molecule has 1 aliphatic rings. The lowest BCUT2D eigenvalue weighted by atomic mass is 10.0. The maximum Gasteiger partial charge on any atom is 0.259 e. The zero-order valence-corrected chi connectivity index (χ0v) is 17.3. The second kappa shape index (κ2) is 8.44. The molecule has 0 spiro atoms. The van der Waals surface area contributed by atoms with Crippen molar-refractivity contribution in [3.8, 4) is 5.75 Å². The average molecular weight is 414 g/mol. The number of nitrogens with zero attached hydrogens (tertiary/aromatic N) is 1. The van der Waals surface area contributed by atoms with Crippen molar-refractivity contribution in [1.29, 1.82) is 0 Å². The van der Waals surface area contributed by atoms with Crippen LogP contribution >= 0.6 is 0 Å². The fourth-order valence-corrected chi connectivity index (χ4v) is 3.84. The van der Waals surface area contributed by atoms with Gasteiger partial charge in [-0.25, -0.2) is 0 Å². The summed E-state index contributed by atoms with van der Waals surface area (Å²) in [5, 5.41) is 2.93. The molecule has 1 unspecified atom stereocenters. The first-order chi connectivity index (χ1) is 15.0. The van der Waals surface area contributed by atoms with Crippen LogP contribution < -0.4 is 15.0 Å². The van der Waals surface area contributed by atoms with Gasteiger partial charge >= 0.3 is 0 Å². The normalized spacial score (nSPS) is 14.8. The molecule has 1 N–H and O–H groups in total. The van der Waals surface area contributed by atoms with Crippen molar-refractivity contribution in [1.82, 2.24) is 5.32 Å². The number of nitrogens with one attached hydrogen (secondary N) is 1. The van der Waals surface area contributed by atoms with Gasteiger partial charge in [-0.2, -0.15) is 0 Å². The monoisotopic (exact) mass is 414 g/mol. The van der Waals surface area contributed by atoms with Crippen LogP contribution in [0.4, 0.5) is 5.69 Å². The smallest absolute Gasteiger partial charge is 0.259 e. The maximum atomic E-state index is 13.3. The van der Waals surface area contributed by atoms with Crippen molar-refractivity contribution in [3.05, 3.63) is 95.1 Å². The number of para-hydroxylation sites is 1. The minimum atomic E-state index is -0.833. The number of carbonyl (C=O) groups excluding carboxylic acids is 3. The standard InChI is InChI=1S/C25H22N2O4/c1-16(28)17-9-7-10-19(14-17)27-23(20-11-4-5-12-21(20)25(27)30)24(29)26-15-18-8-3-6-13-22(18)31-2/h3-14,23H,15H2,1-2H3,(H,26,29). The van der Waals surface area contributed by atoms with E-state index in [1.807, 2.05) is 30.3 Å². The number of methoxy groups -OCH3 is 1. The highest BCUT2D eigenvalue weighted by atomic mass is 16.5. The first kappa shape index (κ1) is 20.3. The van der Waals surface area contributed by atoms with Crippen molar-refractivity contribution in [3.63, 3.8) is 0 Å². The van der Waals surface area contributed by atoms with E-state index in [9.17, 15) is 14.4 Å². The predicted molar refractivity (Wildman–Crippen MR) is 117 cm³/mol. The van der Waals surface area contributed by atoms with Gasteiger partial charge in [-0.15, -0.1) is 0 Å². The molecule has 6 heteroatoms. The Hall–Kier alpha value is -3.93. The number of benzene rings is 3. The fourth-order valence-electron chi connectivity index (χ4n) is 3.84. The molecule has 0 fully saturated rings. The molecule has 6 nitrogen and oxygen atoms in total. The number of carbonyl (C=O) groups is 3. The van der Waals surface area contributed by atoms with Crippen molar-refractivity contribution < 1.29 is 19.1 Å². The van der Waals surface area contributed by atoms with Gasteiger partial charge in [0.2, 0.25) is 5.91 Å². The molecule has 0 bridgehead atoms. The number of amides is 2. The number of hydrogen-bond donors (Lipinski definition) is 1. The Kier molecular flexibility index (Phi) is 5.54. The van der Waals surface area contributed by atoms with Gasteiger partial charge in [0.1, 0.15) is 11.8 Å². The second-order valence-electron chi connectivity index (χ2n) is 7.30. The zero-order chi connectivity index (χ0) is 22.0. The molecule has 0 saturated carbocycles. The van der Waals surface area contributed by atoms with Crippen LogP contribution in [-0.2, 0) is 11.3 Å². The summed E-state index contributed by atoms with van der Waals surface area (Å²) in [6, 6.07) is 20.5. The van der Waals surface area contributed by atoms with E-state index < -0.39 is 6.04 Å². The molecule has 3 aromatic carbocycles. The van der Waals surface area contributed by atoms with Crippen LogP contribution in [0, 0.1) is 0 Å². The highest BCUT2D eigenvalue weighted by Crippen LogP contribution is 2.38. The molecular formula is C25H22N2O4. The molecule has 0 radical (unpaired) electrons. The summed E-state index contributed by atoms with van der Waals surface area (Å²) < 4.78 is 5.35. The van der Waals surface area contributed by atoms with Gasteiger partial charge in [-0.1, -0.05) is 48.5 Å². The number of Topliss-reactive ketones (excluding diaryl/α,β-unsaturated/α-hetero) is 1. The van der Waals surface area contributed by atoms with Crippen LogP contribution in [0.1, 0.15) is 44.8 Å². The predicted octanol–water partition coefficient (Wildman–Crippen LogP) is 3.92. The Bertz CT molecular complexity index is 1170. The third-order valence-electron chi connectivity index (χ3n) is 5.39. The van der Waals surface area contributed by atoms with Crippen molar-refractivity contribution in [2.75, 3.05) is 12.0 Å². The lowest BCUT2D eigenvalue weighted by Crippen LogP contribution is -2.39. The number of rotatable bonds is 6. The van der Waals surface area contributed by atoms with Crippen LogP contribution in [0.3, 0.4) is 0 Å². The highest BCUT2D eigenvalue weighted by molar-refractivity contribution is 6.16. The molecule has 1 atom stereocenters. The van der Waals surface area contributed by atoms with E-state index in [1.54, 1.807) is 49.6 Å². The van der Waals surface area contributed by atoms with E-state index >= 15 is 0 Å². The summed E-state index contributed by atoms with van der Waals surface area (Å²) in [5.41, 5.74) is 2.94. The van der Waals surface area contributed by atoms with Gasteiger partial charge < -0.3 is 10.1 Å². The maximum absolute atomic E-state index is 13.3. The number of fused-ring (bicyclic) bond motifs is 1. The molecule has 4 rings (SSSR count). The molecular weight excluding hydrogens is 392 g/mol. The molecule has 31 heavy (non-hydrogen) atoms. The molecule has 0 aromatic heterocycles. The molecule has 2 amide bonds. The second-order valence-corrected chi connectivity index (χ2v) is 7.30. The highest BCUT2D eigenvalue weighted by Gasteiger charge is 2.41. The molecule has 156 valence electrons. The Labute approximate surface area is 180 Å². The van der Waals surface area contributed by atoms with Crippen LogP contribution in [0.15, 0.2) is 72.8 Å².